The Morgan fingerprint density at radius 2 is 2.18 bits per heavy atom. The first-order valence-corrected chi connectivity index (χ1v) is 8.44. The van der Waals surface area contributed by atoms with Crippen LogP contribution in [-0.2, 0) is 0 Å². The number of piperidine rings is 3. The van der Waals surface area contributed by atoms with Crippen molar-refractivity contribution in [3.63, 3.8) is 0 Å². The lowest BCUT2D eigenvalue weighted by Gasteiger charge is -2.44. The molecule has 116 valence electrons. The molecule has 0 aliphatic carbocycles. The molecule has 6 nitrogen and oxygen atoms in total. The number of thiophene rings is 1. The first kappa shape index (κ1) is 13.9. The summed E-state index contributed by atoms with van der Waals surface area (Å²) in [6, 6.07) is 3.98. The zero-order chi connectivity index (χ0) is 15.1. The monoisotopic (exact) mass is 318 g/mol. The van der Waals surface area contributed by atoms with Gasteiger partial charge in [0, 0.05) is 19.5 Å². The van der Waals surface area contributed by atoms with Crippen molar-refractivity contribution in [3.8, 4) is 10.8 Å². The minimum atomic E-state index is 0.00578. The Labute approximate surface area is 132 Å². The summed E-state index contributed by atoms with van der Waals surface area (Å²) in [7, 11) is 0. The van der Waals surface area contributed by atoms with E-state index in [0.717, 1.165) is 11.4 Å². The van der Waals surface area contributed by atoms with E-state index < -0.39 is 0 Å². The summed E-state index contributed by atoms with van der Waals surface area (Å²) in [4.78, 5) is 16.4. The number of hydrogen-bond acceptors (Lipinski definition) is 6. The molecule has 2 aromatic rings. The minimum Gasteiger partial charge on any atom is -0.420 e. The Balaban J connectivity index is 1.46. The SMILES string of the molecule is Cc1nnc(-c2ccc(C(=O)NC3CN4CCC3CC4)s2)o1. The van der Waals surface area contributed by atoms with Crippen LogP contribution in [0.15, 0.2) is 16.5 Å². The molecule has 5 rings (SSSR count). The number of aromatic nitrogens is 2. The third-order valence-electron chi connectivity index (χ3n) is 4.54. The molecule has 7 heteroatoms. The molecule has 3 aliphatic rings. The van der Waals surface area contributed by atoms with Gasteiger partial charge in [-0.1, -0.05) is 0 Å². The van der Waals surface area contributed by atoms with Crippen LogP contribution in [0.4, 0.5) is 0 Å². The Morgan fingerprint density at radius 1 is 1.36 bits per heavy atom. The quantitative estimate of drug-likeness (QED) is 0.936. The predicted octanol–water partition coefficient (Wildman–Crippen LogP) is 1.93. The van der Waals surface area contributed by atoms with Crippen LogP contribution in [0.1, 0.15) is 28.4 Å². The molecule has 3 saturated heterocycles. The van der Waals surface area contributed by atoms with Gasteiger partial charge in [0.1, 0.15) is 0 Å². The summed E-state index contributed by atoms with van der Waals surface area (Å²) in [5.41, 5.74) is 0. The maximum atomic E-state index is 12.5. The van der Waals surface area contributed by atoms with Crippen molar-refractivity contribution in [1.82, 2.24) is 20.4 Å². The first-order valence-electron chi connectivity index (χ1n) is 7.62. The molecule has 2 bridgehead atoms. The molecule has 1 unspecified atom stereocenters. The molecule has 0 saturated carbocycles. The van der Waals surface area contributed by atoms with Gasteiger partial charge in [0.05, 0.1) is 9.75 Å². The Bertz CT molecular complexity index is 687. The van der Waals surface area contributed by atoms with Gasteiger partial charge in [-0.2, -0.15) is 0 Å². The molecule has 1 atom stereocenters. The predicted molar refractivity (Wildman–Crippen MR) is 82.8 cm³/mol. The first-order chi connectivity index (χ1) is 10.7. The lowest BCUT2D eigenvalue weighted by Crippen LogP contribution is -2.57. The lowest BCUT2D eigenvalue weighted by atomic mass is 9.84. The van der Waals surface area contributed by atoms with Crippen LogP contribution in [0.3, 0.4) is 0 Å². The summed E-state index contributed by atoms with van der Waals surface area (Å²) in [5.74, 6) is 1.64. The molecule has 5 heterocycles. The third kappa shape index (κ3) is 2.55. The second kappa shape index (κ2) is 5.48. The average Bonchev–Trinajstić information content (AvgIpc) is 3.17. The van der Waals surface area contributed by atoms with E-state index in [4.69, 9.17) is 4.42 Å². The number of hydrogen-bond donors (Lipinski definition) is 1. The standard InChI is InChI=1S/C15H18N4O2S/c1-9-17-18-15(21-9)13-3-2-12(22-13)14(20)16-11-8-19-6-4-10(11)5-7-19/h2-3,10-11H,4-8H2,1H3,(H,16,20). The summed E-state index contributed by atoms with van der Waals surface area (Å²) in [6.45, 7) is 5.09. The molecule has 1 amide bonds. The number of fused-ring (bicyclic) bond motifs is 3. The normalized spacial score (nSPS) is 27.0. The largest absolute Gasteiger partial charge is 0.420 e. The molecule has 1 N–H and O–H groups in total. The number of carbonyl (C=O) groups is 1. The van der Waals surface area contributed by atoms with Crippen LogP contribution in [0.25, 0.3) is 10.8 Å². The minimum absolute atomic E-state index is 0.00578. The van der Waals surface area contributed by atoms with Crippen molar-refractivity contribution in [1.29, 1.82) is 0 Å². The van der Waals surface area contributed by atoms with Gasteiger partial charge >= 0.3 is 0 Å². The van der Waals surface area contributed by atoms with Crippen molar-refractivity contribution in [2.45, 2.75) is 25.8 Å². The highest BCUT2D eigenvalue weighted by molar-refractivity contribution is 7.17. The fourth-order valence-electron chi connectivity index (χ4n) is 3.34. The fourth-order valence-corrected chi connectivity index (χ4v) is 4.17. The van der Waals surface area contributed by atoms with Gasteiger partial charge in [0.25, 0.3) is 11.8 Å². The molecular formula is C15H18N4O2S. The average molecular weight is 318 g/mol. The van der Waals surface area contributed by atoms with Gasteiger partial charge in [0.2, 0.25) is 5.89 Å². The topological polar surface area (TPSA) is 71.3 Å². The zero-order valence-electron chi connectivity index (χ0n) is 12.4. The van der Waals surface area contributed by atoms with Crippen LogP contribution in [0.2, 0.25) is 0 Å². The van der Waals surface area contributed by atoms with E-state index in [1.54, 1.807) is 6.92 Å². The van der Waals surface area contributed by atoms with Gasteiger partial charge < -0.3 is 14.6 Å². The highest BCUT2D eigenvalue weighted by Crippen LogP contribution is 2.29. The van der Waals surface area contributed by atoms with E-state index in [9.17, 15) is 4.79 Å². The molecule has 2 aromatic heterocycles. The fraction of sp³-hybridized carbons (Fsp3) is 0.533. The summed E-state index contributed by atoms with van der Waals surface area (Å²) >= 11 is 1.39. The highest BCUT2D eigenvalue weighted by atomic mass is 32.1. The van der Waals surface area contributed by atoms with Crippen molar-refractivity contribution >= 4 is 17.2 Å². The van der Waals surface area contributed by atoms with E-state index in [-0.39, 0.29) is 11.9 Å². The van der Waals surface area contributed by atoms with E-state index >= 15 is 0 Å². The van der Waals surface area contributed by atoms with E-state index in [0.29, 0.717) is 22.6 Å². The highest BCUT2D eigenvalue weighted by Gasteiger charge is 2.35. The van der Waals surface area contributed by atoms with Gasteiger partial charge in [-0.25, -0.2) is 0 Å². The van der Waals surface area contributed by atoms with E-state index in [2.05, 4.69) is 20.4 Å². The zero-order valence-corrected chi connectivity index (χ0v) is 13.2. The number of carbonyl (C=O) groups excluding carboxylic acids is 1. The van der Waals surface area contributed by atoms with Crippen LogP contribution in [-0.4, -0.2) is 46.7 Å². The number of rotatable bonds is 3. The van der Waals surface area contributed by atoms with Gasteiger partial charge in [0.15, 0.2) is 0 Å². The Hall–Kier alpha value is -1.73. The Morgan fingerprint density at radius 3 is 2.82 bits per heavy atom. The molecule has 22 heavy (non-hydrogen) atoms. The van der Waals surface area contributed by atoms with Crippen LogP contribution in [0.5, 0.6) is 0 Å². The van der Waals surface area contributed by atoms with Crippen molar-refractivity contribution in [3.05, 3.63) is 22.9 Å². The summed E-state index contributed by atoms with van der Waals surface area (Å²) in [6.07, 6.45) is 2.39. The van der Waals surface area contributed by atoms with Crippen LogP contribution in [0, 0.1) is 12.8 Å². The summed E-state index contributed by atoms with van der Waals surface area (Å²) < 4.78 is 5.40. The molecule has 3 fully saturated rings. The Kier molecular flexibility index (Phi) is 3.46. The van der Waals surface area contributed by atoms with Crippen molar-refractivity contribution in [2.75, 3.05) is 19.6 Å². The maximum Gasteiger partial charge on any atom is 0.261 e. The van der Waals surface area contributed by atoms with Crippen molar-refractivity contribution < 1.29 is 9.21 Å². The van der Waals surface area contributed by atoms with E-state index in [1.807, 2.05) is 12.1 Å². The second-order valence-corrected chi connectivity index (χ2v) is 7.09. The van der Waals surface area contributed by atoms with Gasteiger partial charge in [-0.15, -0.1) is 21.5 Å². The number of nitrogens with zero attached hydrogens (tertiary/aromatic N) is 3. The van der Waals surface area contributed by atoms with Crippen LogP contribution < -0.4 is 5.32 Å². The third-order valence-corrected chi connectivity index (χ3v) is 5.61. The molecule has 0 spiro atoms. The number of amides is 1. The molecular weight excluding hydrogens is 300 g/mol. The number of nitrogens with one attached hydrogen (secondary N) is 1. The molecule has 3 aliphatic heterocycles. The van der Waals surface area contributed by atoms with Gasteiger partial charge in [-0.05, 0) is 44.0 Å². The smallest absolute Gasteiger partial charge is 0.261 e. The summed E-state index contributed by atoms with van der Waals surface area (Å²) in [5, 5.41) is 11.0. The van der Waals surface area contributed by atoms with Crippen molar-refractivity contribution in [2.24, 2.45) is 5.92 Å². The lowest BCUT2D eigenvalue weighted by molar-refractivity contribution is 0.0622. The second-order valence-electron chi connectivity index (χ2n) is 6.01. The maximum absolute atomic E-state index is 12.5. The molecule has 0 aromatic carbocycles. The van der Waals surface area contributed by atoms with Gasteiger partial charge in [-0.3, -0.25) is 4.79 Å². The van der Waals surface area contributed by atoms with Crippen LogP contribution >= 0.6 is 11.3 Å². The number of aryl methyl sites for hydroxylation is 1. The van der Waals surface area contributed by atoms with E-state index in [1.165, 1.54) is 37.3 Å². The molecule has 0 radical (unpaired) electrons.